The number of likely N-dealkylation sites (N-methyl/N-ethyl adjacent to an activating group) is 1. The van der Waals surface area contributed by atoms with E-state index in [1.54, 1.807) is 0 Å². The summed E-state index contributed by atoms with van der Waals surface area (Å²) in [5.74, 6) is 0.900. The van der Waals surface area contributed by atoms with E-state index in [4.69, 9.17) is 4.74 Å². The number of nitrogens with zero attached hydrogens (tertiary/aromatic N) is 1. The minimum atomic E-state index is 0. The lowest BCUT2D eigenvalue weighted by Gasteiger charge is -2.15. The van der Waals surface area contributed by atoms with E-state index in [1.165, 1.54) is 0 Å². The van der Waals surface area contributed by atoms with Gasteiger partial charge in [-0.2, -0.15) is 0 Å². The Kier molecular flexibility index (Phi) is 8.12. The molecule has 0 spiro atoms. The monoisotopic (exact) mass is 313 g/mol. The summed E-state index contributed by atoms with van der Waals surface area (Å²) in [6, 6.07) is 10.1. The van der Waals surface area contributed by atoms with Crippen LogP contribution < -0.4 is 15.4 Å². The zero-order chi connectivity index (χ0) is 14.2. The van der Waals surface area contributed by atoms with E-state index >= 15 is 0 Å². The van der Waals surface area contributed by atoms with Crippen molar-refractivity contribution < 1.29 is 9.53 Å². The summed E-state index contributed by atoms with van der Waals surface area (Å²) in [7, 11) is 1.97. The lowest BCUT2D eigenvalue weighted by molar-refractivity contribution is -0.122. The minimum Gasteiger partial charge on any atom is -0.492 e. The van der Waals surface area contributed by atoms with Crippen molar-refractivity contribution >= 4 is 18.3 Å². The SMILES string of the molecule is CNC1CCN(CC(=O)NCCOc2ccccc2)C1.Cl. The number of rotatable bonds is 7. The zero-order valence-electron chi connectivity index (χ0n) is 12.4. The van der Waals surface area contributed by atoms with Crippen LogP contribution >= 0.6 is 12.4 Å². The Morgan fingerprint density at radius 3 is 2.81 bits per heavy atom. The van der Waals surface area contributed by atoms with Crippen LogP contribution in [-0.4, -0.2) is 56.7 Å². The maximum atomic E-state index is 11.8. The van der Waals surface area contributed by atoms with Gasteiger partial charge in [0.05, 0.1) is 13.1 Å². The third-order valence-electron chi connectivity index (χ3n) is 3.48. The van der Waals surface area contributed by atoms with E-state index in [1.807, 2.05) is 37.4 Å². The molecule has 0 bridgehead atoms. The highest BCUT2D eigenvalue weighted by molar-refractivity contribution is 5.85. The van der Waals surface area contributed by atoms with Crippen LogP contribution in [0.2, 0.25) is 0 Å². The first-order valence-corrected chi connectivity index (χ1v) is 7.12. The first-order chi connectivity index (χ1) is 9.78. The molecule has 0 aliphatic carbocycles. The summed E-state index contributed by atoms with van der Waals surface area (Å²) in [5.41, 5.74) is 0. The van der Waals surface area contributed by atoms with Gasteiger partial charge in [-0.15, -0.1) is 12.4 Å². The van der Waals surface area contributed by atoms with Gasteiger partial charge < -0.3 is 15.4 Å². The van der Waals surface area contributed by atoms with Gasteiger partial charge >= 0.3 is 0 Å². The van der Waals surface area contributed by atoms with E-state index < -0.39 is 0 Å². The maximum Gasteiger partial charge on any atom is 0.234 e. The number of carbonyl (C=O) groups excluding carboxylic acids is 1. The van der Waals surface area contributed by atoms with Crippen LogP contribution in [0.15, 0.2) is 30.3 Å². The van der Waals surface area contributed by atoms with Crippen LogP contribution in [0.5, 0.6) is 5.75 Å². The fraction of sp³-hybridized carbons (Fsp3) is 0.533. The predicted molar refractivity (Wildman–Crippen MR) is 86.1 cm³/mol. The van der Waals surface area contributed by atoms with Crippen LogP contribution in [-0.2, 0) is 4.79 Å². The summed E-state index contributed by atoms with van der Waals surface area (Å²) >= 11 is 0. The van der Waals surface area contributed by atoms with Crippen LogP contribution in [0.25, 0.3) is 0 Å². The number of halogens is 1. The molecule has 1 saturated heterocycles. The van der Waals surface area contributed by atoms with Gasteiger partial charge in [-0.25, -0.2) is 0 Å². The summed E-state index contributed by atoms with van der Waals surface area (Å²) in [6.45, 7) is 3.44. The molecular weight excluding hydrogens is 290 g/mol. The van der Waals surface area contributed by atoms with Gasteiger partial charge in [0.1, 0.15) is 12.4 Å². The van der Waals surface area contributed by atoms with Crippen LogP contribution in [0.1, 0.15) is 6.42 Å². The van der Waals surface area contributed by atoms with Crippen molar-refractivity contribution in [2.75, 3.05) is 39.8 Å². The third-order valence-corrected chi connectivity index (χ3v) is 3.48. The maximum absolute atomic E-state index is 11.8. The van der Waals surface area contributed by atoms with Crippen molar-refractivity contribution in [3.05, 3.63) is 30.3 Å². The Bertz CT molecular complexity index is 417. The molecular formula is C15H24ClN3O2. The summed E-state index contributed by atoms with van der Waals surface area (Å²) < 4.78 is 5.52. The molecule has 0 radical (unpaired) electrons. The topological polar surface area (TPSA) is 53.6 Å². The molecule has 5 nitrogen and oxygen atoms in total. The molecule has 0 aromatic heterocycles. The molecule has 6 heteroatoms. The molecule has 1 fully saturated rings. The van der Waals surface area contributed by atoms with Gasteiger partial charge in [0, 0.05) is 19.1 Å². The molecule has 2 N–H and O–H groups in total. The molecule has 1 aromatic rings. The molecule has 1 aliphatic heterocycles. The predicted octanol–water partition coefficient (Wildman–Crippen LogP) is 0.897. The van der Waals surface area contributed by atoms with Gasteiger partial charge in [-0.1, -0.05) is 18.2 Å². The molecule has 0 saturated carbocycles. The quantitative estimate of drug-likeness (QED) is 0.734. The van der Waals surface area contributed by atoms with E-state index in [9.17, 15) is 4.79 Å². The third kappa shape index (κ3) is 6.33. The lowest BCUT2D eigenvalue weighted by atomic mass is 10.3. The van der Waals surface area contributed by atoms with E-state index in [-0.39, 0.29) is 18.3 Å². The van der Waals surface area contributed by atoms with Crippen LogP contribution in [0, 0.1) is 0 Å². The van der Waals surface area contributed by atoms with Crippen LogP contribution in [0.3, 0.4) is 0 Å². The second-order valence-corrected chi connectivity index (χ2v) is 5.02. The number of amides is 1. The fourth-order valence-corrected chi connectivity index (χ4v) is 2.35. The van der Waals surface area contributed by atoms with E-state index in [0.29, 0.717) is 25.7 Å². The molecule has 2 rings (SSSR count). The minimum absolute atomic E-state index is 0. The van der Waals surface area contributed by atoms with Crippen molar-refractivity contribution in [3.8, 4) is 5.75 Å². The Hall–Kier alpha value is -1.30. The number of ether oxygens (including phenoxy) is 1. The second-order valence-electron chi connectivity index (χ2n) is 5.02. The Morgan fingerprint density at radius 2 is 2.14 bits per heavy atom. The first-order valence-electron chi connectivity index (χ1n) is 7.12. The van der Waals surface area contributed by atoms with Crippen molar-refractivity contribution in [3.63, 3.8) is 0 Å². The van der Waals surface area contributed by atoms with Gasteiger partial charge in [-0.3, -0.25) is 9.69 Å². The number of nitrogens with one attached hydrogen (secondary N) is 2. The number of carbonyl (C=O) groups is 1. The standard InChI is InChI=1S/C15H23N3O2.ClH/c1-16-13-7-9-18(11-13)12-15(19)17-8-10-20-14-5-3-2-4-6-14;/h2-6,13,16H,7-12H2,1H3,(H,17,19);1H. The van der Waals surface area contributed by atoms with E-state index in [0.717, 1.165) is 25.3 Å². The summed E-state index contributed by atoms with van der Waals surface area (Å²) in [6.07, 6.45) is 1.11. The fourth-order valence-electron chi connectivity index (χ4n) is 2.35. The second kappa shape index (κ2) is 9.60. The highest BCUT2D eigenvalue weighted by Crippen LogP contribution is 2.08. The van der Waals surface area contributed by atoms with Crippen molar-refractivity contribution in [2.45, 2.75) is 12.5 Å². The van der Waals surface area contributed by atoms with Gasteiger partial charge in [-0.05, 0) is 25.6 Å². The Balaban J connectivity index is 0.00000220. The van der Waals surface area contributed by atoms with Crippen LogP contribution in [0.4, 0.5) is 0 Å². The molecule has 1 atom stereocenters. The normalized spacial score (nSPS) is 18.0. The van der Waals surface area contributed by atoms with E-state index in [2.05, 4.69) is 15.5 Å². The molecule has 1 amide bonds. The molecule has 1 unspecified atom stereocenters. The number of hydrogen-bond donors (Lipinski definition) is 2. The first kappa shape index (κ1) is 17.8. The molecule has 1 heterocycles. The molecule has 1 aliphatic rings. The summed E-state index contributed by atoms with van der Waals surface area (Å²) in [5, 5.41) is 6.13. The number of benzene rings is 1. The molecule has 118 valence electrons. The summed E-state index contributed by atoms with van der Waals surface area (Å²) in [4.78, 5) is 14.0. The number of hydrogen-bond acceptors (Lipinski definition) is 4. The number of likely N-dealkylation sites (tertiary alicyclic amines) is 1. The highest BCUT2D eigenvalue weighted by Gasteiger charge is 2.22. The van der Waals surface area contributed by atoms with Crippen molar-refractivity contribution in [1.82, 2.24) is 15.5 Å². The Labute approximate surface area is 132 Å². The Morgan fingerprint density at radius 1 is 1.38 bits per heavy atom. The van der Waals surface area contributed by atoms with Gasteiger partial charge in [0.25, 0.3) is 0 Å². The van der Waals surface area contributed by atoms with Crippen molar-refractivity contribution in [1.29, 1.82) is 0 Å². The lowest BCUT2D eigenvalue weighted by Crippen LogP contribution is -2.39. The number of para-hydroxylation sites is 1. The van der Waals surface area contributed by atoms with Crippen molar-refractivity contribution in [2.24, 2.45) is 0 Å². The molecule has 1 aromatic carbocycles. The van der Waals surface area contributed by atoms with Gasteiger partial charge in [0.2, 0.25) is 5.91 Å². The van der Waals surface area contributed by atoms with Gasteiger partial charge in [0.15, 0.2) is 0 Å². The zero-order valence-corrected chi connectivity index (χ0v) is 13.2. The smallest absolute Gasteiger partial charge is 0.234 e. The highest BCUT2D eigenvalue weighted by atomic mass is 35.5. The average Bonchev–Trinajstić information content (AvgIpc) is 2.92. The average molecular weight is 314 g/mol. The molecule has 21 heavy (non-hydrogen) atoms. The largest absolute Gasteiger partial charge is 0.492 e.